The molecular formula is C17H22N4O. The lowest BCUT2D eigenvalue weighted by atomic mass is 10.1. The molecule has 0 saturated carbocycles. The fourth-order valence-electron chi connectivity index (χ4n) is 2.26. The average Bonchev–Trinajstić information content (AvgIpc) is 2.45. The quantitative estimate of drug-likeness (QED) is 0.921. The van der Waals surface area contributed by atoms with Crippen molar-refractivity contribution in [3.63, 3.8) is 0 Å². The summed E-state index contributed by atoms with van der Waals surface area (Å²) in [4.78, 5) is 22.2. The van der Waals surface area contributed by atoms with Gasteiger partial charge in [-0.05, 0) is 38.0 Å². The van der Waals surface area contributed by atoms with E-state index in [2.05, 4.69) is 15.3 Å². The fourth-order valence-corrected chi connectivity index (χ4v) is 2.26. The maximum absolute atomic E-state index is 12.0. The van der Waals surface area contributed by atoms with Gasteiger partial charge in [-0.25, -0.2) is 9.97 Å². The SMILES string of the molecule is Cc1cc(NCCc2cccc(C(=O)N(C)C)c2)nc(C)n1. The Morgan fingerprint density at radius 1 is 1.18 bits per heavy atom. The van der Waals surface area contributed by atoms with Gasteiger partial charge >= 0.3 is 0 Å². The highest BCUT2D eigenvalue weighted by Gasteiger charge is 2.08. The maximum Gasteiger partial charge on any atom is 0.253 e. The third-order valence-electron chi connectivity index (χ3n) is 3.27. The molecular weight excluding hydrogens is 276 g/mol. The number of benzene rings is 1. The van der Waals surface area contributed by atoms with Gasteiger partial charge in [-0.15, -0.1) is 0 Å². The molecule has 0 atom stereocenters. The summed E-state index contributed by atoms with van der Waals surface area (Å²) in [6.07, 6.45) is 0.830. The van der Waals surface area contributed by atoms with Gasteiger partial charge in [0.2, 0.25) is 0 Å². The summed E-state index contributed by atoms with van der Waals surface area (Å²) in [7, 11) is 3.52. The first-order valence-electron chi connectivity index (χ1n) is 7.32. The van der Waals surface area contributed by atoms with Crippen LogP contribution in [0.5, 0.6) is 0 Å². The van der Waals surface area contributed by atoms with E-state index in [1.54, 1.807) is 19.0 Å². The van der Waals surface area contributed by atoms with Crippen LogP contribution in [0.25, 0.3) is 0 Å². The van der Waals surface area contributed by atoms with E-state index in [-0.39, 0.29) is 5.91 Å². The first-order valence-corrected chi connectivity index (χ1v) is 7.32. The van der Waals surface area contributed by atoms with Crippen molar-refractivity contribution < 1.29 is 4.79 Å². The van der Waals surface area contributed by atoms with E-state index in [1.807, 2.05) is 44.2 Å². The first-order chi connectivity index (χ1) is 10.5. The summed E-state index contributed by atoms with van der Waals surface area (Å²) in [5.74, 6) is 1.63. The molecule has 2 aromatic rings. The molecule has 0 fully saturated rings. The van der Waals surface area contributed by atoms with Crippen LogP contribution in [-0.4, -0.2) is 41.4 Å². The second-order valence-corrected chi connectivity index (χ2v) is 5.52. The van der Waals surface area contributed by atoms with Crippen molar-refractivity contribution >= 4 is 11.7 Å². The number of hydrogen-bond donors (Lipinski definition) is 1. The normalized spacial score (nSPS) is 10.4. The van der Waals surface area contributed by atoms with E-state index in [0.717, 1.165) is 41.4 Å². The Morgan fingerprint density at radius 2 is 1.95 bits per heavy atom. The van der Waals surface area contributed by atoms with Crippen molar-refractivity contribution in [2.24, 2.45) is 0 Å². The third-order valence-corrected chi connectivity index (χ3v) is 3.27. The van der Waals surface area contributed by atoms with Crippen LogP contribution in [0.2, 0.25) is 0 Å². The molecule has 1 aromatic heterocycles. The van der Waals surface area contributed by atoms with Crippen molar-refractivity contribution in [3.8, 4) is 0 Å². The summed E-state index contributed by atoms with van der Waals surface area (Å²) in [5, 5.41) is 3.30. The Morgan fingerprint density at radius 3 is 2.64 bits per heavy atom. The molecule has 1 amide bonds. The molecule has 1 aromatic carbocycles. The van der Waals surface area contributed by atoms with E-state index in [4.69, 9.17) is 0 Å². The van der Waals surface area contributed by atoms with Crippen LogP contribution < -0.4 is 5.32 Å². The van der Waals surface area contributed by atoms with Crippen molar-refractivity contribution in [2.45, 2.75) is 20.3 Å². The highest BCUT2D eigenvalue weighted by molar-refractivity contribution is 5.94. The molecule has 0 aliphatic carbocycles. The van der Waals surface area contributed by atoms with Gasteiger partial charge in [0, 0.05) is 38.0 Å². The minimum atomic E-state index is 0.0249. The van der Waals surface area contributed by atoms with Crippen molar-refractivity contribution in [3.05, 3.63) is 53.0 Å². The van der Waals surface area contributed by atoms with Gasteiger partial charge in [0.1, 0.15) is 11.6 Å². The number of nitrogens with one attached hydrogen (secondary N) is 1. The zero-order valence-electron chi connectivity index (χ0n) is 13.6. The predicted octanol–water partition coefficient (Wildman–Crippen LogP) is 2.45. The summed E-state index contributed by atoms with van der Waals surface area (Å²) in [6.45, 7) is 4.60. The number of aromatic nitrogens is 2. The minimum Gasteiger partial charge on any atom is -0.370 e. The Kier molecular flexibility index (Phi) is 5.09. The number of nitrogens with zero attached hydrogens (tertiary/aromatic N) is 3. The van der Waals surface area contributed by atoms with Gasteiger partial charge < -0.3 is 10.2 Å². The molecule has 0 unspecified atom stereocenters. The Bertz CT molecular complexity index is 647. The molecule has 0 bridgehead atoms. The molecule has 5 heteroatoms. The zero-order chi connectivity index (χ0) is 16.1. The highest BCUT2D eigenvalue weighted by Crippen LogP contribution is 2.09. The zero-order valence-corrected chi connectivity index (χ0v) is 13.6. The topological polar surface area (TPSA) is 58.1 Å². The van der Waals surface area contributed by atoms with Crippen LogP contribution in [0.1, 0.15) is 27.4 Å². The van der Waals surface area contributed by atoms with Crippen molar-refractivity contribution in [2.75, 3.05) is 26.0 Å². The monoisotopic (exact) mass is 298 g/mol. The van der Waals surface area contributed by atoms with Gasteiger partial charge in [0.15, 0.2) is 0 Å². The average molecular weight is 298 g/mol. The van der Waals surface area contributed by atoms with Gasteiger partial charge in [0.05, 0.1) is 0 Å². The second kappa shape index (κ2) is 7.02. The number of amides is 1. The Labute approximate surface area is 131 Å². The van der Waals surface area contributed by atoms with E-state index in [1.165, 1.54) is 0 Å². The van der Waals surface area contributed by atoms with Crippen LogP contribution >= 0.6 is 0 Å². The van der Waals surface area contributed by atoms with Gasteiger partial charge in [-0.1, -0.05) is 12.1 Å². The fraction of sp³-hybridized carbons (Fsp3) is 0.353. The first kappa shape index (κ1) is 15.9. The van der Waals surface area contributed by atoms with Crippen LogP contribution in [0.15, 0.2) is 30.3 Å². The molecule has 0 aliphatic heterocycles. The van der Waals surface area contributed by atoms with E-state index < -0.39 is 0 Å². The van der Waals surface area contributed by atoms with Gasteiger partial charge in [0.25, 0.3) is 5.91 Å². The summed E-state index contributed by atoms with van der Waals surface area (Å²) < 4.78 is 0. The summed E-state index contributed by atoms with van der Waals surface area (Å²) in [5.41, 5.74) is 2.80. The maximum atomic E-state index is 12.0. The molecule has 2 rings (SSSR count). The standard InChI is InChI=1S/C17H22N4O/c1-12-10-16(20-13(2)19-12)18-9-8-14-6-5-7-15(11-14)17(22)21(3)4/h5-7,10-11H,8-9H2,1-4H3,(H,18,19,20). The Hall–Kier alpha value is -2.43. The highest BCUT2D eigenvalue weighted by atomic mass is 16.2. The van der Waals surface area contributed by atoms with Gasteiger partial charge in [-0.2, -0.15) is 0 Å². The van der Waals surface area contributed by atoms with Gasteiger partial charge in [-0.3, -0.25) is 4.79 Å². The minimum absolute atomic E-state index is 0.0249. The number of carbonyl (C=O) groups is 1. The lowest BCUT2D eigenvalue weighted by Gasteiger charge is -2.11. The van der Waals surface area contributed by atoms with Crippen molar-refractivity contribution in [1.82, 2.24) is 14.9 Å². The van der Waals surface area contributed by atoms with Crippen LogP contribution in [0.3, 0.4) is 0 Å². The lowest BCUT2D eigenvalue weighted by Crippen LogP contribution is -2.21. The van der Waals surface area contributed by atoms with E-state index in [0.29, 0.717) is 0 Å². The molecule has 0 radical (unpaired) electrons. The molecule has 0 aliphatic rings. The Balaban J connectivity index is 1.97. The van der Waals surface area contributed by atoms with E-state index >= 15 is 0 Å². The van der Waals surface area contributed by atoms with Crippen LogP contribution in [-0.2, 0) is 6.42 Å². The molecule has 22 heavy (non-hydrogen) atoms. The number of aryl methyl sites for hydroxylation is 2. The molecule has 0 saturated heterocycles. The summed E-state index contributed by atoms with van der Waals surface area (Å²) in [6, 6.07) is 9.67. The van der Waals surface area contributed by atoms with E-state index in [9.17, 15) is 4.79 Å². The smallest absolute Gasteiger partial charge is 0.253 e. The second-order valence-electron chi connectivity index (χ2n) is 5.52. The molecule has 5 nitrogen and oxygen atoms in total. The third kappa shape index (κ3) is 4.28. The lowest BCUT2D eigenvalue weighted by molar-refractivity contribution is 0.0827. The molecule has 0 spiro atoms. The number of anilines is 1. The van der Waals surface area contributed by atoms with Crippen LogP contribution in [0.4, 0.5) is 5.82 Å². The number of hydrogen-bond acceptors (Lipinski definition) is 4. The predicted molar refractivity (Wildman–Crippen MR) is 88.2 cm³/mol. The largest absolute Gasteiger partial charge is 0.370 e. The summed E-state index contributed by atoms with van der Waals surface area (Å²) >= 11 is 0. The molecule has 1 N–H and O–H groups in total. The molecule has 1 heterocycles. The molecule has 116 valence electrons. The number of rotatable bonds is 5. The number of carbonyl (C=O) groups excluding carboxylic acids is 1. The van der Waals surface area contributed by atoms with Crippen LogP contribution in [0, 0.1) is 13.8 Å². The van der Waals surface area contributed by atoms with Crippen molar-refractivity contribution in [1.29, 1.82) is 0 Å².